The molecule has 0 saturated carbocycles. The van der Waals surface area contributed by atoms with Crippen molar-refractivity contribution in [2.45, 2.75) is 24.3 Å². The van der Waals surface area contributed by atoms with Crippen LogP contribution in [0, 0.1) is 0 Å². The molecule has 5 nitrogen and oxygen atoms in total. The molecule has 140 valence electrons. The predicted octanol–water partition coefficient (Wildman–Crippen LogP) is 1.15. The summed E-state index contributed by atoms with van der Waals surface area (Å²) in [6.45, 7) is 8.67. The van der Waals surface area contributed by atoms with Gasteiger partial charge >= 0.3 is 0 Å². The lowest BCUT2D eigenvalue weighted by Crippen LogP contribution is -3.16. The number of quaternary nitrogens is 1. The molecule has 2 aromatic rings. The Balaban J connectivity index is 1.57. The van der Waals surface area contributed by atoms with Crippen molar-refractivity contribution in [2.24, 2.45) is 0 Å². The highest BCUT2D eigenvalue weighted by molar-refractivity contribution is 7.89. The van der Waals surface area contributed by atoms with E-state index in [2.05, 4.69) is 33.9 Å². The van der Waals surface area contributed by atoms with Crippen LogP contribution in [0.15, 0.2) is 65.6 Å². The van der Waals surface area contributed by atoms with Gasteiger partial charge in [-0.1, -0.05) is 36.4 Å². The van der Waals surface area contributed by atoms with Crippen LogP contribution in [0.3, 0.4) is 0 Å². The van der Waals surface area contributed by atoms with E-state index in [1.807, 2.05) is 26.0 Å². The lowest BCUT2D eigenvalue weighted by atomic mass is 10.1. The summed E-state index contributed by atoms with van der Waals surface area (Å²) in [5, 5.41) is 0. The molecule has 0 spiro atoms. The number of benzene rings is 2. The molecule has 0 bridgehead atoms. The Morgan fingerprint density at radius 2 is 1.50 bits per heavy atom. The van der Waals surface area contributed by atoms with Crippen LogP contribution in [-0.2, 0) is 10.0 Å². The van der Waals surface area contributed by atoms with Crippen LogP contribution in [-0.4, -0.2) is 46.7 Å². The Morgan fingerprint density at radius 3 is 2.08 bits per heavy atom. The number of piperazine rings is 1. The number of nitrogens with zero attached hydrogens (tertiary/aromatic N) is 1. The van der Waals surface area contributed by atoms with Crippen molar-refractivity contribution < 1.29 is 13.3 Å². The second kappa shape index (κ2) is 7.78. The quantitative estimate of drug-likeness (QED) is 0.798. The van der Waals surface area contributed by atoms with Gasteiger partial charge in [0.2, 0.25) is 10.0 Å². The lowest BCUT2D eigenvalue weighted by Gasteiger charge is -2.37. The van der Waals surface area contributed by atoms with Gasteiger partial charge in [-0.05, 0) is 38.1 Å². The summed E-state index contributed by atoms with van der Waals surface area (Å²) in [5.41, 5.74) is 0.759. The topological polar surface area (TPSA) is 53.9 Å². The Hall–Kier alpha value is -1.89. The zero-order valence-electron chi connectivity index (χ0n) is 15.5. The van der Waals surface area contributed by atoms with Crippen LogP contribution < -0.4 is 14.5 Å². The highest BCUT2D eigenvalue weighted by Crippen LogP contribution is 2.14. The predicted molar refractivity (Wildman–Crippen MR) is 105 cm³/mol. The zero-order chi connectivity index (χ0) is 18.6. The van der Waals surface area contributed by atoms with Crippen LogP contribution in [0.25, 0.3) is 0 Å². The molecule has 1 aliphatic heterocycles. The van der Waals surface area contributed by atoms with Crippen LogP contribution in [0.1, 0.15) is 13.8 Å². The molecule has 2 aromatic carbocycles. The summed E-state index contributed by atoms with van der Waals surface area (Å²) >= 11 is 0. The van der Waals surface area contributed by atoms with Crippen molar-refractivity contribution in [2.75, 3.05) is 37.6 Å². The molecular weight excluding hydrogens is 346 g/mol. The molecule has 6 heteroatoms. The van der Waals surface area contributed by atoms with Crippen molar-refractivity contribution in [1.82, 2.24) is 4.72 Å². The molecule has 1 saturated heterocycles. The minimum atomic E-state index is -3.50. The molecule has 0 amide bonds. The fraction of sp³-hybridized carbons (Fsp3) is 0.400. The molecule has 1 fully saturated rings. The molecule has 2 N–H and O–H groups in total. The normalized spacial score (nSPS) is 16.6. The van der Waals surface area contributed by atoms with Gasteiger partial charge in [0.15, 0.2) is 0 Å². The largest absolute Gasteiger partial charge is 0.360 e. The molecule has 3 rings (SSSR count). The van der Waals surface area contributed by atoms with E-state index in [1.165, 1.54) is 10.6 Å². The van der Waals surface area contributed by atoms with Gasteiger partial charge in [0.05, 0.1) is 43.2 Å². The van der Waals surface area contributed by atoms with Crippen molar-refractivity contribution >= 4 is 15.7 Å². The minimum Gasteiger partial charge on any atom is -0.360 e. The zero-order valence-corrected chi connectivity index (χ0v) is 16.3. The third-order valence-corrected chi connectivity index (χ3v) is 6.46. The van der Waals surface area contributed by atoms with Crippen molar-refractivity contribution in [3.8, 4) is 0 Å². The Morgan fingerprint density at radius 1 is 0.962 bits per heavy atom. The van der Waals surface area contributed by atoms with E-state index >= 15 is 0 Å². The number of para-hydroxylation sites is 1. The van der Waals surface area contributed by atoms with E-state index in [9.17, 15) is 8.42 Å². The molecule has 0 radical (unpaired) electrons. The summed E-state index contributed by atoms with van der Waals surface area (Å²) in [4.78, 5) is 4.14. The number of hydrogen-bond acceptors (Lipinski definition) is 3. The average molecular weight is 375 g/mol. The summed E-state index contributed by atoms with van der Waals surface area (Å²) in [6.07, 6.45) is 0. The standard InChI is InChI=1S/C20H27N3O2S/c1-20(2,21-26(24,25)19-11-7-4-8-12-19)17-22-13-15-23(16-14-22)18-9-5-3-6-10-18/h3-12,21H,13-17H2,1-2H3/p+1. The molecule has 26 heavy (non-hydrogen) atoms. The van der Waals surface area contributed by atoms with Gasteiger partial charge in [-0.3, -0.25) is 0 Å². The van der Waals surface area contributed by atoms with E-state index in [0.717, 1.165) is 32.7 Å². The molecule has 1 heterocycles. The first kappa shape index (κ1) is 18.9. The van der Waals surface area contributed by atoms with Crippen LogP contribution in [0.2, 0.25) is 0 Å². The average Bonchev–Trinajstić information content (AvgIpc) is 2.62. The number of hydrogen-bond donors (Lipinski definition) is 2. The van der Waals surface area contributed by atoms with E-state index in [0.29, 0.717) is 4.90 Å². The molecule has 0 atom stereocenters. The molecule has 0 aromatic heterocycles. The summed E-state index contributed by atoms with van der Waals surface area (Å²) in [5.74, 6) is 0. The van der Waals surface area contributed by atoms with Gasteiger partial charge in [0.25, 0.3) is 0 Å². The summed E-state index contributed by atoms with van der Waals surface area (Å²) in [7, 11) is -3.50. The fourth-order valence-electron chi connectivity index (χ4n) is 3.58. The van der Waals surface area contributed by atoms with Gasteiger partial charge in [-0.25, -0.2) is 8.42 Å². The van der Waals surface area contributed by atoms with E-state index in [4.69, 9.17) is 0 Å². The molecule has 0 unspecified atom stereocenters. The number of sulfonamides is 1. The van der Waals surface area contributed by atoms with Crippen LogP contribution in [0.4, 0.5) is 5.69 Å². The molecule has 0 aliphatic carbocycles. The van der Waals surface area contributed by atoms with Crippen molar-refractivity contribution in [3.05, 3.63) is 60.7 Å². The maximum atomic E-state index is 12.6. The lowest BCUT2D eigenvalue weighted by molar-refractivity contribution is -0.904. The Labute approximate surface area is 156 Å². The highest BCUT2D eigenvalue weighted by atomic mass is 32.2. The summed E-state index contributed by atoms with van der Waals surface area (Å²) in [6, 6.07) is 19.0. The number of rotatable bonds is 6. The SMILES string of the molecule is CC(C)(C[NH+]1CCN(c2ccccc2)CC1)NS(=O)(=O)c1ccccc1. The first-order valence-electron chi connectivity index (χ1n) is 9.08. The summed E-state index contributed by atoms with van der Waals surface area (Å²) < 4.78 is 28.1. The first-order chi connectivity index (χ1) is 12.4. The Bertz CT molecular complexity index is 799. The number of anilines is 1. The molecule has 1 aliphatic rings. The third-order valence-electron chi connectivity index (χ3n) is 4.75. The Kier molecular flexibility index (Phi) is 5.65. The monoisotopic (exact) mass is 374 g/mol. The maximum absolute atomic E-state index is 12.6. The minimum absolute atomic E-state index is 0.317. The smallest absolute Gasteiger partial charge is 0.241 e. The second-order valence-electron chi connectivity index (χ2n) is 7.55. The highest BCUT2D eigenvalue weighted by Gasteiger charge is 2.32. The fourth-order valence-corrected chi connectivity index (χ4v) is 5.01. The van der Waals surface area contributed by atoms with Gasteiger partial charge in [-0.2, -0.15) is 4.72 Å². The third kappa shape index (κ3) is 4.84. The van der Waals surface area contributed by atoms with Gasteiger partial charge < -0.3 is 9.80 Å². The van der Waals surface area contributed by atoms with Gasteiger partial charge in [0, 0.05) is 5.69 Å². The number of nitrogens with one attached hydrogen (secondary N) is 2. The van der Waals surface area contributed by atoms with Gasteiger partial charge in [-0.15, -0.1) is 0 Å². The van der Waals surface area contributed by atoms with Gasteiger partial charge in [0.1, 0.15) is 0 Å². The van der Waals surface area contributed by atoms with Crippen LogP contribution in [0.5, 0.6) is 0 Å². The van der Waals surface area contributed by atoms with Crippen molar-refractivity contribution in [1.29, 1.82) is 0 Å². The first-order valence-corrected chi connectivity index (χ1v) is 10.6. The van der Waals surface area contributed by atoms with E-state index in [-0.39, 0.29) is 0 Å². The van der Waals surface area contributed by atoms with Crippen LogP contribution >= 0.6 is 0 Å². The second-order valence-corrected chi connectivity index (χ2v) is 9.23. The molecular formula is C20H28N3O2S+. The maximum Gasteiger partial charge on any atom is 0.241 e. The van der Waals surface area contributed by atoms with Crippen molar-refractivity contribution in [3.63, 3.8) is 0 Å². The van der Waals surface area contributed by atoms with E-state index in [1.54, 1.807) is 24.3 Å². The van der Waals surface area contributed by atoms with E-state index < -0.39 is 15.6 Å².